The molecule has 0 spiro atoms. The SMILES string of the molecule is Cc1ccc(-c2nc(N3C[C@@H](C(=O)OCC(=O)c4ccc(C)c(C)c4)CC3=O)sc2C)cc1. The average Bonchev–Trinajstić information content (AvgIpc) is 3.36. The Labute approximate surface area is 197 Å². The minimum Gasteiger partial charge on any atom is -0.457 e. The van der Waals surface area contributed by atoms with E-state index in [-0.39, 0.29) is 31.3 Å². The molecular formula is C26H26N2O4S. The van der Waals surface area contributed by atoms with Crippen LogP contribution in [0.2, 0.25) is 0 Å². The first kappa shape index (κ1) is 22.9. The second kappa shape index (κ2) is 9.27. The van der Waals surface area contributed by atoms with Crippen LogP contribution < -0.4 is 4.90 Å². The van der Waals surface area contributed by atoms with Gasteiger partial charge in [-0.2, -0.15) is 0 Å². The molecule has 1 aromatic heterocycles. The first-order valence-electron chi connectivity index (χ1n) is 10.8. The molecule has 1 atom stereocenters. The number of hydrogen-bond donors (Lipinski definition) is 0. The third kappa shape index (κ3) is 4.88. The monoisotopic (exact) mass is 462 g/mol. The highest BCUT2D eigenvalue weighted by atomic mass is 32.1. The molecule has 1 aliphatic rings. The summed E-state index contributed by atoms with van der Waals surface area (Å²) < 4.78 is 5.27. The molecule has 1 amide bonds. The highest BCUT2D eigenvalue weighted by Gasteiger charge is 2.38. The van der Waals surface area contributed by atoms with Gasteiger partial charge < -0.3 is 4.74 Å². The lowest BCUT2D eigenvalue weighted by molar-refractivity contribution is -0.147. The smallest absolute Gasteiger partial charge is 0.311 e. The molecule has 3 aromatic rings. The first-order valence-corrected chi connectivity index (χ1v) is 11.7. The maximum atomic E-state index is 12.6. The summed E-state index contributed by atoms with van der Waals surface area (Å²) in [7, 11) is 0. The van der Waals surface area contributed by atoms with Crippen molar-refractivity contribution in [2.75, 3.05) is 18.1 Å². The zero-order valence-corrected chi connectivity index (χ0v) is 20.0. The van der Waals surface area contributed by atoms with Gasteiger partial charge in [-0.25, -0.2) is 4.98 Å². The highest BCUT2D eigenvalue weighted by molar-refractivity contribution is 7.16. The van der Waals surface area contributed by atoms with Gasteiger partial charge >= 0.3 is 5.97 Å². The summed E-state index contributed by atoms with van der Waals surface area (Å²) in [5.74, 6) is -1.57. The van der Waals surface area contributed by atoms with Gasteiger partial charge in [0, 0.05) is 29.0 Å². The second-order valence-electron chi connectivity index (χ2n) is 8.50. The van der Waals surface area contributed by atoms with Gasteiger partial charge in [-0.3, -0.25) is 19.3 Å². The third-order valence-corrected chi connectivity index (χ3v) is 6.97. The van der Waals surface area contributed by atoms with Crippen LogP contribution in [0.4, 0.5) is 5.13 Å². The number of nitrogens with zero attached hydrogens (tertiary/aromatic N) is 2. The number of benzene rings is 2. The van der Waals surface area contributed by atoms with Gasteiger partial charge in [0.2, 0.25) is 5.91 Å². The van der Waals surface area contributed by atoms with Crippen LogP contribution in [-0.4, -0.2) is 35.8 Å². The molecule has 1 aliphatic heterocycles. The fraction of sp³-hybridized carbons (Fsp3) is 0.308. The highest BCUT2D eigenvalue weighted by Crippen LogP contribution is 2.35. The topological polar surface area (TPSA) is 76.6 Å². The molecule has 0 saturated carbocycles. The summed E-state index contributed by atoms with van der Waals surface area (Å²) in [5, 5.41) is 0.578. The number of carbonyl (C=O) groups excluding carboxylic acids is 3. The Balaban J connectivity index is 1.40. The van der Waals surface area contributed by atoms with Crippen molar-refractivity contribution in [3.63, 3.8) is 0 Å². The Kier molecular flexibility index (Phi) is 6.42. The summed E-state index contributed by atoms with van der Waals surface area (Å²) in [6.07, 6.45) is 0.0508. The Bertz CT molecular complexity index is 1230. The predicted molar refractivity (Wildman–Crippen MR) is 129 cm³/mol. The van der Waals surface area contributed by atoms with Gasteiger partial charge in [-0.15, -0.1) is 11.3 Å². The van der Waals surface area contributed by atoms with Crippen molar-refractivity contribution in [1.29, 1.82) is 0 Å². The van der Waals surface area contributed by atoms with Crippen molar-refractivity contribution in [2.45, 2.75) is 34.1 Å². The number of anilines is 1. The van der Waals surface area contributed by atoms with Gasteiger partial charge in [0.25, 0.3) is 0 Å². The number of Topliss-reactive ketones (excluding diaryl/α,β-unsaturated/α-hetero) is 1. The van der Waals surface area contributed by atoms with Crippen LogP contribution in [0.15, 0.2) is 42.5 Å². The van der Waals surface area contributed by atoms with Gasteiger partial charge in [0.1, 0.15) is 0 Å². The zero-order valence-electron chi connectivity index (χ0n) is 19.2. The van der Waals surface area contributed by atoms with Crippen molar-refractivity contribution in [3.8, 4) is 11.3 Å². The molecule has 0 bridgehead atoms. The molecule has 2 heterocycles. The molecule has 0 unspecified atom stereocenters. The van der Waals surface area contributed by atoms with Crippen LogP contribution in [0.1, 0.15) is 38.3 Å². The van der Waals surface area contributed by atoms with Crippen molar-refractivity contribution >= 4 is 34.1 Å². The normalized spacial score (nSPS) is 15.7. The molecule has 7 heteroatoms. The Morgan fingerprint density at radius 1 is 1.06 bits per heavy atom. The fourth-order valence-electron chi connectivity index (χ4n) is 3.78. The molecule has 33 heavy (non-hydrogen) atoms. The molecule has 6 nitrogen and oxygen atoms in total. The van der Waals surface area contributed by atoms with Crippen molar-refractivity contribution in [2.24, 2.45) is 5.92 Å². The van der Waals surface area contributed by atoms with Crippen LogP contribution in [0.25, 0.3) is 11.3 Å². The standard InChI is InChI=1S/C26H26N2O4S/c1-15-5-8-19(9-6-15)24-18(4)33-26(27-24)28-13-21(12-23(28)30)25(31)32-14-22(29)20-10-7-16(2)17(3)11-20/h5-11,21H,12-14H2,1-4H3/t21-/m0/s1. The van der Waals surface area contributed by atoms with Crippen molar-refractivity contribution in [3.05, 3.63) is 69.6 Å². The lowest BCUT2D eigenvalue weighted by atomic mass is 10.0. The number of ketones is 1. The maximum Gasteiger partial charge on any atom is 0.311 e. The molecule has 2 aromatic carbocycles. The fourth-order valence-corrected chi connectivity index (χ4v) is 4.74. The Hall–Kier alpha value is -3.32. The van der Waals surface area contributed by atoms with E-state index in [1.807, 2.05) is 58.0 Å². The summed E-state index contributed by atoms with van der Waals surface area (Å²) in [4.78, 5) is 44.9. The number of hydrogen-bond acceptors (Lipinski definition) is 6. The third-order valence-electron chi connectivity index (χ3n) is 5.97. The first-order chi connectivity index (χ1) is 15.7. The van der Waals surface area contributed by atoms with Gasteiger partial charge in [-0.05, 0) is 44.9 Å². The quantitative estimate of drug-likeness (QED) is 0.388. The lowest BCUT2D eigenvalue weighted by Crippen LogP contribution is -2.27. The molecule has 4 rings (SSSR count). The molecule has 0 N–H and O–H groups in total. The summed E-state index contributed by atoms with van der Waals surface area (Å²) in [5.41, 5.74) is 5.61. The van der Waals surface area contributed by atoms with Crippen molar-refractivity contribution < 1.29 is 19.1 Å². The minimum absolute atomic E-state index is 0.0508. The largest absolute Gasteiger partial charge is 0.457 e. The Morgan fingerprint density at radius 2 is 1.79 bits per heavy atom. The molecule has 170 valence electrons. The van der Waals surface area contributed by atoms with E-state index in [1.54, 1.807) is 17.0 Å². The van der Waals surface area contributed by atoms with Crippen LogP contribution in [0.3, 0.4) is 0 Å². The number of thiazole rings is 1. The van der Waals surface area contributed by atoms with Crippen LogP contribution in [-0.2, 0) is 14.3 Å². The summed E-state index contributed by atoms with van der Waals surface area (Å²) in [6, 6.07) is 13.5. The summed E-state index contributed by atoms with van der Waals surface area (Å²) in [6.45, 7) is 7.78. The van der Waals surface area contributed by atoms with E-state index in [1.165, 1.54) is 16.9 Å². The number of esters is 1. The molecular weight excluding hydrogens is 436 g/mol. The lowest BCUT2D eigenvalue weighted by Gasteiger charge is -2.13. The zero-order chi connectivity index (χ0) is 23.7. The number of ether oxygens (including phenoxy) is 1. The second-order valence-corrected chi connectivity index (χ2v) is 9.68. The van der Waals surface area contributed by atoms with Crippen LogP contribution in [0, 0.1) is 33.6 Å². The molecule has 0 aliphatic carbocycles. The Morgan fingerprint density at radius 3 is 2.48 bits per heavy atom. The summed E-state index contributed by atoms with van der Waals surface area (Å²) >= 11 is 1.43. The average molecular weight is 463 g/mol. The van der Waals surface area contributed by atoms with Gasteiger partial charge in [0.05, 0.1) is 11.6 Å². The minimum atomic E-state index is -0.614. The predicted octanol–water partition coefficient (Wildman–Crippen LogP) is 4.82. The number of aromatic nitrogens is 1. The molecule has 0 radical (unpaired) electrons. The number of rotatable bonds is 6. The van der Waals surface area contributed by atoms with E-state index in [9.17, 15) is 14.4 Å². The van der Waals surface area contributed by atoms with Gasteiger partial charge in [-0.1, -0.05) is 42.0 Å². The van der Waals surface area contributed by atoms with E-state index in [0.717, 1.165) is 27.3 Å². The van der Waals surface area contributed by atoms with E-state index >= 15 is 0 Å². The maximum absolute atomic E-state index is 12.6. The molecule has 1 fully saturated rings. The van der Waals surface area contributed by atoms with Crippen LogP contribution in [0.5, 0.6) is 0 Å². The van der Waals surface area contributed by atoms with E-state index in [2.05, 4.69) is 4.98 Å². The van der Waals surface area contributed by atoms with E-state index < -0.39 is 11.9 Å². The van der Waals surface area contributed by atoms with Crippen molar-refractivity contribution in [1.82, 2.24) is 4.98 Å². The molecule has 1 saturated heterocycles. The number of aryl methyl sites for hydroxylation is 4. The van der Waals surface area contributed by atoms with E-state index in [4.69, 9.17) is 4.74 Å². The van der Waals surface area contributed by atoms with Crippen LogP contribution >= 0.6 is 11.3 Å². The number of carbonyl (C=O) groups is 3. The van der Waals surface area contributed by atoms with E-state index in [0.29, 0.717) is 10.7 Å². The van der Waals surface area contributed by atoms with Gasteiger partial charge in [0.15, 0.2) is 17.5 Å². The number of amides is 1.